The fourth-order valence-electron chi connectivity index (χ4n) is 9.09. The third kappa shape index (κ3) is 47.9. The molecule has 0 saturated heterocycles. The van der Waals surface area contributed by atoms with Crippen molar-refractivity contribution in [1.82, 2.24) is 0 Å². The molecule has 0 fully saturated rings. The van der Waals surface area contributed by atoms with E-state index < -0.39 is 5.41 Å². The van der Waals surface area contributed by atoms with Crippen LogP contribution < -0.4 is 0 Å². The van der Waals surface area contributed by atoms with E-state index in [0.717, 1.165) is 154 Å². The van der Waals surface area contributed by atoms with Crippen molar-refractivity contribution in [2.75, 3.05) is 19.8 Å². The Morgan fingerprint density at radius 3 is 0.691 bits per heavy atom. The normalized spacial score (nSPS) is 13.8. The van der Waals surface area contributed by atoms with E-state index in [-0.39, 0.29) is 56.0 Å². The first-order valence-corrected chi connectivity index (χ1v) is 29.6. The molecule has 0 bridgehead atoms. The second kappa shape index (κ2) is 50.2. The fraction of sp³-hybridized carbons (Fsp3) is 0.949. The van der Waals surface area contributed by atoms with Crippen LogP contribution in [0.2, 0.25) is 0 Å². The summed E-state index contributed by atoms with van der Waals surface area (Å²) in [4.78, 5) is 38.4. The molecule has 3 N–H and O–H groups in total. The molecule has 0 aromatic rings. The van der Waals surface area contributed by atoms with Crippen molar-refractivity contribution in [3.63, 3.8) is 0 Å². The number of rotatable bonds is 54. The molecule has 0 saturated carbocycles. The predicted molar refractivity (Wildman–Crippen MR) is 284 cm³/mol. The van der Waals surface area contributed by atoms with Crippen LogP contribution in [0.3, 0.4) is 0 Å². The molecule has 3 atom stereocenters. The van der Waals surface area contributed by atoms with Gasteiger partial charge in [-0.25, -0.2) is 0 Å². The molecule has 0 radical (unpaired) electrons. The first-order valence-electron chi connectivity index (χ1n) is 29.6. The third-order valence-electron chi connectivity index (χ3n) is 13.9. The Balaban J connectivity index is 4.52. The summed E-state index contributed by atoms with van der Waals surface area (Å²) < 4.78 is 17.2. The summed E-state index contributed by atoms with van der Waals surface area (Å²) in [6.45, 7) is 8.57. The van der Waals surface area contributed by atoms with Gasteiger partial charge in [0, 0.05) is 19.3 Å². The standard InChI is InChI=1S/C59H114O9/c1-5-8-11-32-41-53(60)44-35-26-20-14-17-23-29-38-47-56(63)66-50-59(4,51-67-57(64)48-39-30-24-18-15-21-27-36-45-54(61)42-33-12-9-6-2)52-68-58(65)49-40-31-25-19-16-22-28-37-46-55(62)43-34-13-10-7-3/h53-55,60-62H,5-52H2,1-4H3. The van der Waals surface area contributed by atoms with Crippen molar-refractivity contribution in [3.05, 3.63) is 0 Å². The maximum Gasteiger partial charge on any atom is 0.305 e. The minimum absolute atomic E-state index is 0.0235. The average molecular weight is 968 g/mol. The number of hydrogen-bond acceptors (Lipinski definition) is 9. The lowest BCUT2D eigenvalue weighted by Gasteiger charge is -2.28. The Kier molecular flexibility index (Phi) is 49.0. The molecule has 0 aliphatic heterocycles. The van der Waals surface area contributed by atoms with Crippen LogP contribution >= 0.6 is 0 Å². The van der Waals surface area contributed by atoms with E-state index >= 15 is 0 Å². The molecule has 3 unspecified atom stereocenters. The molecule has 9 heteroatoms. The number of ether oxygens (including phenoxy) is 3. The quantitative estimate of drug-likeness (QED) is 0.0309. The number of aliphatic hydroxyl groups is 3. The van der Waals surface area contributed by atoms with Crippen molar-refractivity contribution in [2.24, 2.45) is 5.41 Å². The Morgan fingerprint density at radius 2 is 0.485 bits per heavy atom. The lowest BCUT2D eigenvalue weighted by molar-refractivity contribution is -0.160. The van der Waals surface area contributed by atoms with Crippen molar-refractivity contribution in [2.45, 2.75) is 335 Å². The summed E-state index contributed by atoms with van der Waals surface area (Å²) in [6, 6.07) is 0. The van der Waals surface area contributed by atoms with E-state index in [1.807, 2.05) is 6.92 Å². The number of hydrogen-bond donors (Lipinski definition) is 3. The van der Waals surface area contributed by atoms with Crippen LogP contribution in [-0.4, -0.2) is 71.4 Å². The number of unbranched alkanes of at least 4 members (excludes halogenated alkanes) is 30. The van der Waals surface area contributed by atoms with Gasteiger partial charge >= 0.3 is 17.9 Å². The van der Waals surface area contributed by atoms with Crippen LogP contribution in [0.5, 0.6) is 0 Å². The van der Waals surface area contributed by atoms with Crippen LogP contribution in [0.15, 0.2) is 0 Å². The van der Waals surface area contributed by atoms with Gasteiger partial charge in [-0.15, -0.1) is 0 Å². The van der Waals surface area contributed by atoms with Gasteiger partial charge in [-0.3, -0.25) is 14.4 Å². The van der Waals surface area contributed by atoms with Crippen molar-refractivity contribution in [3.8, 4) is 0 Å². The van der Waals surface area contributed by atoms with Gasteiger partial charge in [-0.05, 0) is 64.7 Å². The summed E-state index contributed by atoms with van der Waals surface area (Å²) in [6.07, 6.45) is 46.7. The smallest absolute Gasteiger partial charge is 0.305 e. The average Bonchev–Trinajstić information content (AvgIpc) is 3.33. The molecular formula is C59H114O9. The Hall–Kier alpha value is -1.71. The van der Waals surface area contributed by atoms with Gasteiger partial charge in [0.1, 0.15) is 19.8 Å². The summed E-state index contributed by atoms with van der Waals surface area (Å²) in [5, 5.41) is 30.6. The summed E-state index contributed by atoms with van der Waals surface area (Å²) in [5.74, 6) is -0.811. The molecule has 0 aliphatic carbocycles. The van der Waals surface area contributed by atoms with E-state index in [0.29, 0.717) is 19.3 Å². The zero-order chi connectivity index (χ0) is 50.0. The van der Waals surface area contributed by atoms with Gasteiger partial charge in [0.15, 0.2) is 0 Å². The van der Waals surface area contributed by atoms with Gasteiger partial charge in [0.25, 0.3) is 0 Å². The minimum atomic E-state index is -0.831. The van der Waals surface area contributed by atoms with Crippen LogP contribution in [0.4, 0.5) is 0 Å². The molecule has 0 spiro atoms. The molecule has 404 valence electrons. The lowest BCUT2D eigenvalue weighted by atomic mass is 9.94. The highest BCUT2D eigenvalue weighted by molar-refractivity contribution is 5.70. The number of esters is 3. The zero-order valence-corrected chi connectivity index (χ0v) is 45.5. The SMILES string of the molecule is CCCCCCC(O)CCCCCCCCCCC(=O)OCC(C)(COC(=O)CCCCCCCCCCC(O)CCCCCC)COC(=O)CCCCCCCCCCC(O)CCCCCC. The highest BCUT2D eigenvalue weighted by atomic mass is 16.6. The maximum atomic E-state index is 12.8. The molecule has 9 nitrogen and oxygen atoms in total. The number of carbonyl (C=O) groups is 3. The van der Waals surface area contributed by atoms with E-state index in [1.165, 1.54) is 116 Å². The Bertz CT molecular complexity index is 967. The molecule has 0 rings (SSSR count). The van der Waals surface area contributed by atoms with Crippen molar-refractivity contribution < 1.29 is 43.9 Å². The third-order valence-corrected chi connectivity index (χ3v) is 13.9. The van der Waals surface area contributed by atoms with Crippen molar-refractivity contribution in [1.29, 1.82) is 0 Å². The largest absolute Gasteiger partial charge is 0.465 e. The monoisotopic (exact) mass is 967 g/mol. The zero-order valence-electron chi connectivity index (χ0n) is 45.5. The van der Waals surface area contributed by atoms with Gasteiger partial charge in [-0.1, -0.05) is 233 Å². The maximum absolute atomic E-state index is 12.8. The minimum Gasteiger partial charge on any atom is -0.465 e. The van der Waals surface area contributed by atoms with Gasteiger partial charge < -0.3 is 29.5 Å². The molecule has 68 heavy (non-hydrogen) atoms. The number of carbonyl (C=O) groups excluding carboxylic acids is 3. The summed E-state index contributed by atoms with van der Waals surface area (Å²) >= 11 is 0. The van der Waals surface area contributed by atoms with Crippen LogP contribution in [0, 0.1) is 5.41 Å². The lowest BCUT2D eigenvalue weighted by Crippen LogP contribution is -2.37. The second-order valence-electron chi connectivity index (χ2n) is 21.4. The van der Waals surface area contributed by atoms with Crippen LogP contribution in [0.25, 0.3) is 0 Å². The highest BCUT2D eigenvalue weighted by Crippen LogP contribution is 2.22. The van der Waals surface area contributed by atoms with E-state index in [9.17, 15) is 29.7 Å². The molecule has 0 heterocycles. The Morgan fingerprint density at radius 1 is 0.309 bits per heavy atom. The first-order chi connectivity index (χ1) is 33.0. The molecule has 0 amide bonds. The molecule has 0 aromatic carbocycles. The predicted octanol–water partition coefficient (Wildman–Crippen LogP) is 16.3. The molecule has 0 aliphatic rings. The molecular weight excluding hydrogens is 853 g/mol. The van der Waals surface area contributed by atoms with E-state index in [1.54, 1.807) is 0 Å². The summed E-state index contributed by atoms with van der Waals surface area (Å²) in [5.41, 5.74) is -0.831. The first kappa shape index (κ1) is 66.3. The number of aliphatic hydroxyl groups excluding tert-OH is 3. The fourth-order valence-corrected chi connectivity index (χ4v) is 9.09. The molecule has 0 aromatic heterocycles. The van der Waals surface area contributed by atoms with Gasteiger partial charge in [0.05, 0.1) is 23.7 Å². The summed E-state index contributed by atoms with van der Waals surface area (Å²) in [7, 11) is 0. The second-order valence-corrected chi connectivity index (χ2v) is 21.4. The van der Waals surface area contributed by atoms with Gasteiger partial charge in [-0.2, -0.15) is 0 Å². The van der Waals surface area contributed by atoms with Gasteiger partial charge in [0.2, 0.25) is 0 Å². The van der Waals surface area contributed by atoms with Crippen molar-refractivity contribution >= 4 is 17.9 Å². The van der Waals surface area contributed by atoms with Crippen LogP contribution in [-0.2, 0) is 28.6 Å². The highest BCUT2D eigenvalue weighted by Gasteiger charge is 2.31. The van der Waals surface area contributed by atoms with E-state index in [4.69, 9.17) is 14.2 Å². The topological polar surface area (TPSA) is 140 Å². The van der Waals surface area contributed by atoms with E-state index in [2.05, 4.69) is 20.8 Å². The Labute approximate surface area is 420 Å². The van der Waals surface area contributed by atoms with Crippen LogP contribution in [0.1, 0.15) is 317 Å².